The molecule has 4 aromatic rings. The largest absolute Gasteiger partial charge is 0.416 e. The van der Waals surface area contributed by atoms with Gasteiger partial charge in [0.2, 0.25) is 11.8 Å². The molecule has 0 aliphatic rings. The second-order valence-electron chi connectivity index (χ2n) is 4.93. The second-order valence-corrected chi connectivity index (χ2v) is 5.32. The molecule has 0 bridgehead atoms. The number of rotatable bonds is 2. The van der Waals surface area contributed by atoms with Gasteiger partial charge < -0.3 is 4.42 Å². The number of hydrogen-bond donors (Lipinski definition) is 0. The fraction of sp³-hybridized carbons (Fsp3) is 0. The molecule has 0 spiro atoms. The number of hydrogen-bond acceptors (Lipinski definition) is 4. The first-order valence-electron chi connectivity index (χ1n) is 6.86. The van der Waals surface area contributed by atoms with Crippen molar-refractivity contribution in [1.82, 2.24) is 15.2 Å². The average molecular weight is 326 g/mol. The average Bonchev–Trinajstić information content (AvgIpc) is 3.04. The lowest BCUT2D eigenvalue weighted by molar-refractivity contribution is 0.584. The van der Waals surface area contributed by atoms with Gasteiger partial charge in [-0.05, 0) is 36.4 Å². The normalized spacial score (nSPS) is 11.0. The first-order valence-corrected chi connectivity index (χ1v) is 7.23. The van der Waals surface area contributed by atoms with Crippen molar-refractivity contribution in [3.8, 4) is 22.9 Å². The van der Waals surface area contributed by atoms with Crippen molar-refractivity contribution >= 4 is 22.5 Å². The van der Waals surface area contributed by atoms with Crippen LogP contribution in [0.1, 0.15) is 0 Å². The van der Waals surface area contributed by atoms with Gasteiger partial charge in [-0.1, -0.05) is 29.8 Å². The van der Waals surface area contributed by atoms with Gasteiger partial charge in [0.05, 0.1) is 11.1 Å². The van der Waals surface area contributed by atoms with Gasteiger partial charge in [0.25, 0.3) is 0 Å². The zero-order chi connectivity index (χ0) is 15.8. The van der Waals surface area contributed by atoms with Crippen molar-refractivity contribution in [2.75, 3.05) is 0 Å². The van der Waals surface area contributed by atoms with Gasteiger partial charge >= 0.3 is 0 Å². The number of pyridine rings is 1. The van der Waals surface area contributed by atoms with Gasteiger partial charge in [-0.2, -0.15) is 0 Å². The van der Waals surface area contributed by atoms with Crippen LogP contribution in [-0.4, -0.2) is 15.2 Å². The summed E-state index contributed by atoms with van der Waals surface area (Å²) in [6.07, 6.45) is 0. The topological polar surface area (TPSA) is 51.8 Å². The molecule has 0 fully saturated rings. The first kappa shape index (κ1) is 13.8. The molecule has 0 saturated carbocycles. The summed E-state index contributed by atoms with van der Waals surface area (Å²) in [5.74, 6) is 0.335. The predicted octanol–water partition coefficient (Wildman–Crippen LogP) is 4.74. The highest BCUT2D eigenvalue weighted by molar-refractivity contribution is 6.30. The molecule has 0 saturated heterocycles. The Balaban J connectivity index is 1.85. The molecule has 0 amide bonds. The maximum absolute atomic E-state index is 13.0. The number of fused-ring (bicyclic) bond motifs is 1. The van der Waals surface area contributed by atoms with E-state index in [9.17, 15) is 4.39 Å². The van der Waals surface area contributed by atoms with Crippen molar-refractivity contribution in [2.45, 2.75) is 0 Å². The monoisotopic (exact) mass is 325 g/mol. The highest BCUT2D eigenvalue weighted by Crippen LogP contribution is 2.31. The molecule has 112 valence electrons. The van der Waals surface area contributed by atoms with E-state index in [4.69, 9.17) is 16.0 Å². The Morgan fingerprint density at radius 2 is 1.65 bits per heavy atom. The summed E-state index contributed by atoms with van der Waals surface area (Å²) in [7, 11) is 0. The van der Waals surface area contributed by atoms with Gasteiger partial charge in [-0.3, -0.25) is 0 Å². The summed E-state index contributed by atoms with van der Waals surface area (Å²) in [4.78, 5) is 4.27. The van der Waals surface area contributed by atoms with Crippen LogP contribution in [0.5, 0.6) is 0 Å². The number of para-hydroxylation sites is 1. The molecule has 4 rings (SSSR count). The van der Waals surface area contributed by atoms with Crippen LogP contribution in [-0.2, 0) is 0 Å². The van der Waals surface area contributed by atoms with Crippen molar-refractivity contribution in [3.05, 3.63) is 65.6 Å². The van der Waals surface area contributed by atoms with Crippen molar-refractivity contribution in [2.24, 2.45) is 0 Å². The molecule has 0 atom stereocenters. The minimum Gasteiger partial charge on any atom is -0.416 e. The number of halogens is 2. The Bertz CT molecular complexity index is 998. The molecule has 0 N–H and O–H groups in total. The van der Waals surface area contributed by atoms with Crippen molar-refractivity contribution in [1.29, 1.82) is 0 Å². The molecule has 0 aliphatic carbocycles. The van der Waals surface area contributed by atoms with E-state index in [2.05, 4.69) is 15.2 Å². The van der Waals surface area contributed by atoms with Gasteiger partial charge in [0.15, 0.2) is 0 Å². The van der Waals surface area contributed by atoms with Crippen LogP contribution in [0.25, 0.3) is 33.8 Å². The van der Waals surface area contributed by atoms with E-state index in [1.807, 2.05) is 24.3 Å². The van der Waals surface area contributed by atoms with Crippen LogP contribution in [0.4, 0.5) is 4.39 Å². The van der Waals surface area contributed by atoms with Gasteiger partial charge in [-0.25, -0.2) is 9.37 Å². The standard InChI is InChI=1S/C17H9ClFN3O/c18-15-9-13(12-3-1-2-4-14(12)20-15)17-22-21-16(23-17)10-5-7-11(19)8-6-10/h1-9H. The summed E-state index contributed by atoms with van der Waals surface area (Å²) in [5.41, 5.74) is 2.10. The molecule has 0 unspecified atom stereocenters. The number of aromatic nitrogens is 3. The third kappa shape index (κ3) is 2.55. The van der Waals surface area contributed by atoms with Gasteiger partial charge in [0.1, 0.15) is 11.0 Å². The highest BCUT2D eigenvalue weighted by Gasteiger charge is 2.14. The quantitative estimate of drug-likeness (QED) is 0.499. The molecule has 2 heterocycles. The van der Waals surface area contributed by atoms with Crippen LogP contribution >= 0.6 is 11.6 Å². The molecule has 6 heteroatoms. The SMILES string of the molecule is Fc1ccc(-c2nnc(-c3cc(Cl)nc4ccccc34)o2)cc1. The fourth-order valence-electron chi connectivity index (χ4n) is 2.36. The van der Waals surface area contributed by atoms with Crippen LogP contribution in [0.15, 0.2) is 59.0 Å². The Hall–Kier alpha value is -2.79. The van der Waals surface area contributed by atoms with E-state index in [-0.39, 0.29) is 5.82 Å². The van der Waals surface area contributed by atoms with E-state index in [0.29, 0.717) is 28.1 Å². The van der Waals surface area contributed by atoms with Crippen molar-refractivity contribution in [3.63, 3.8) is 0 Å². The molecule has 0 aliphatic heterocycles. The first-order chi connectivity index (χ1) is 11.2. The fourth-order valence-corrected chi connectivity index (χ4v) is 2.56. The number of nitrogens with zero attached hydrogens (tertiary/aromatic N) is 3. The third-order valence-corrected chi connectivity index (χ3v) is 3.63. The van der Waals surface area contributed by atoms with Crippen LogP contribution in [0.3, 0.4) is 0 Å². The van der Waals surface area contributed by atoms with E-state index in [1.54, 1.807) is 18.2 Å². The summed E-state index contributed by atoms with van der Waals surface area (Å²) in [6.45, 7) is 0. The molecule has 4 nitrogen and oxygen atoms in total. The molecular formula is C17H9ClFN3O. The van der Waals surface area contributed by atoms with Gasteiger partial charge in [0, 0.05) is 10.9 Å². The van der Waals surface area contributed by atoms with E-state index < -0.39 is 0 Å². The summed E-state index contributed by atoms with van der Waals surface area (Å²) in [5, 5.41) is 9.32. The minimum absolute atomic E-state index is 0.317. The maximum atomic E-state index is 13.0. The zero-order valence-electron chi connectivity index (χ0n) is 11.7. The lowest BCUT2D eigenvalue weighted by atomic mass is 10.1. The molecule has 23 heavy (non-hydrogen) atoms. The Labute approximate surface area is 135 Å². The van der Waals surface area contributed by atoms with E-state index in [0.717, 1.165) is 10.9 Å². The minimum atomic E-state index is -0.319. The lowest BCUT2D eigenvalue weighted by Crippen LogP contribution is -1.86. The Kier molecular flexibility index (Phi) is 3.28. The Morgan fingerprint density at radius 3 is 2.48 bits per heavy atom. The highest BCUT2D eigenvalue weighted by atomic mass is 35.5. The van der Waals surface area contributed by atoms with Crippen LogP contribution in [0.2, 0.25) is 5.15 Å². The van der Waals surface area contributed by atoms with Gasteiger partial charge in [-0.15, -0.1) is 10.2 Å². The van der Waals surface area contributed by atoms with E-state index >= 15 is 0 Å². The molecule has 2 aromatic carbocycles. The third-order valence-electron chi connectivity index (χ3n) is 3.43. The van der Waals surface area contributed by atoms with Crippen molar-refractivity contribution < 1.29 is 8.81 Å². The Morgan fingerprint density at radius 1 is 0.913 bits per heavy atom. The smallest absolute Gasteiger partial charge is 0.248 e. The summed E-state index contributed by atoms with van der Waals surface area (Å²) >= 11 is 6.07. The second kappa shape index (κ2) is 5.44. The maximum Gasteiger partial charge on any atom is 0.248 e. The molecular weight excluding hydrogens is 317 g/mol. The zero-order valence-corrected chi connectivity index (χ0v) is 12.5. The van der Waals surface area contributed by atoms with Crippen LogP contribution < -0.4 is 0 Å². The lowest BCUT2D eigenvalue weighted by Gasteiger charge is -2.03. The summed E-state index contributed by atoms with van der Waals surface area (Å²) in [6, 6.07) is 15.1. The predicted molar refractivity (Wildman–Crippen MR) is 85.4 cm³/mol. The summed E-state index contributed by atoms with van der Waals surface area (Å²) < 4.78 is 18.7. The molecule has 2 aromatic heterocycles. The number of benzene rings is 2. The van der Waals surface area contributed by atoms with Crippen LogP contribution in [0, 0.1) is 5.82 Å². The van der Waals surface area contributed by atoms with E-state index in [1.165, 1.54) is 12.1 Å². The molecule has 0 radical (unpaired) electrons.